The summed E-state index contributed by atoms with van der Waals surface area (Å²) in [6.45, 7) is 2.13. The number of imidazole rings is 1. The fourth-order valence-corrected chi connectivity index (χ4v) is 3.01. The van der Waals surface area contributed by atoms with Gasteiger partial charge in [0.05, 0.1) is 11.0 Å². The average Bonchev–Trinajstić information content (AvgIpc) is 2.84. The van der Waals surface area contributed by atoms with Crippen molar-refractivity contribution in [2.24, 2.45) is 14.1 Å². The molecule has 25 heavy (non-hydrogen) atoms. The molecule has 0 atom stereocenters. The maximum Gasteiger partial charge on any atom is 0.328 e. The Morgan fingerprint density at radius 3 is 2.28 bits per heavy atom. The second-order valence-corrected chi connectivity index (χ2v) is 6.32. The minimum absolute atomic E-state index is 0.0279. The summed E-state index contributed by atoms with van der Waals surface area (Å²) in [5.41, 5.74) is 4.75. The topological polar surface area (TPSA) is 56.0 Å². The van der Waals surface area contributed by atoms with Crippen molar-refractivity contribution in [1.29, 1.82) is 0 Å². The molecule has 3 aromatic rings. The quantitative estimate of drug-likeness (QED) is 0.778. The standard InChI is InChI=1S/C20H23N3O2/c1-4-14-5-7-15(8-6-14)9-12-19(24)21-16-10-11-17-18(13-16)23(3)20(25)22(17)2/h5-8,10-11,13H,4,9,12H2,1-3H3,(H,21,24). The molecule has 0 unspecified atom stereocenters. The third kappa shape index (κ3) is 3.50. The summed E-state index contributed by atoms with van der Waals surface area (Å²) < 4.78 is 3.18. The number of fused-ring (bicyclic) bond motifs is 1. The first-order chi connectivity index (χ1) is 12.0. The number of nitrogens with one attached hydrogen (secondary N) is 1. The normalized spacial score (nSPS) is 11.0. The van der Waals surface area contributed by atoms with Gasteiger partial charge in [-0.2, -0.15) is 0 Å². The summed E-state index contributed by atoms with van der Waals surface area (Å²) in [6.07, 6.45) is 2.16. The van der Waals surface area contributed by atoms with Crippen LogP contribution in [0.25, 0.3) is 11.0 Å². The number of benzene rings is 2. The average molecular weight is 337 g/mol. The van der Waals surface area contributed by atoms with Crippen LogP contribution < -0.4 is 11.0 Å². The van der Waals surface area contributed by atoms with E-state index >= 15 is 0 Å². The number of nitrogens with zero attached hydrogens (tertiary/aromatic N) is 2. The number of amides is 1. The summed E-state index contributed by atoms with van der Waals surface area (Å²) >= 11 is 0. The molecule has 3 rings (SSSR count). The van der Waals surface area contributed by atoms with E-state index in [1.165, 1.54) is 5.56 Å². The molecule has 5 nitrogen and oxygen atoms in total. The summed E-state index contributed by atoms with van der Waals surface area (Å²) in [5.74, 6) is -0.0279. The molecule has 1 amide bonds. The fourth-order valence-electron chi connectivity index (χ4n) is 3.01. The third-order valence-electron chi connectivity index (χ3n) is 4.63. The van der Waals surface area contributed by atoms with Crippen molar-refractivity contribution in [3.8, 4) is 0 Å². The largest absolute Gasteiger partial charge is 0.328 e. The molecule has 0 aliphatic rings. The van der Waals surface area contributed by atoms with E-state index in [0.29, 0.717) is 18.5 Å². The summed E-state index contributed by atoms with van der Waals surface area (Å²) in [7, 11) is 3.48. The van der Waals surface area contributed by atoms with Gasteiger partial charge >= 0.3 is 5.69 Å². The lowest BCUT2D eigenvalue weighted by Crippen LogP contribution is -2.19. The predicted octanol–water partition coefficient (Wildman–Crippen LogP) is 3.01. The number of carbonyl (C=O) groups excluding carboxylic acids is 1. The monoisotopic (exact) mass is 337 g/mol. The molecule has 0 fully saturated rings. The third-order valence-corrected chi connectivity index (χ3v) is 4.63. The number of aromatic nitrogens is 2. The minimum Gasteiger partial charge on any atom is -0.326 e. The van der Waals surface area contributed by atoms with Crippen molar-refractivity contribution in [2.45, 2.75) is 26.2 Å². The highest BCUT2D eigenvalue weighted by molar-refractivity contribution is 5.93. The van der Waals surface area contributed by atoms with Crippen molar-refractivity contribution < 1.29 is 4.79 Å². The minimum atomic E-state index is -0.0750. The van der Waals surface area contributed by atoms with Gasteiger partial charge in [0.2, 0.25) is 5.91 Å². The zero-order chi connectivity index (χ0) is 18.0. The Morgan fingerprint density at radius 2 is 1.60 bits per heavy atom. The molecule has 0 saturated carbocycles. The molecule has 2 aromatic carbocycles. The summed E-state index contributed by atoms with van der Waals surface area (Å²) in [6, 6.07) is 13.9. The second kappa shape index (κ2) is 6.97. The van der Waals surface area contributed by atoms with E-state index in [9.17, 15) is 9.59 Å². The van der Waals surface area contributed by atoms with Gasteiger partial charge in [-0.1, -0.05) is 31.2 Å². The van der Waals surface area contributed by atoms with E-state index in [1.807, 2.05) is 18.2 Å². The zero-order valence-corrected chi connectivity index (χ0v) is 14.9. The first-order valence-electron chi connectivity index (χ1n) is 8.52. The van der Waals surface area contributed by atoms with Gasteiger partial charge in [-0.05, 0) is 42.2 Å². The Balaban J connectivity index is 1.67. The van der Waals surface area contributed by atoms with E-state index in [4.69, 9.17) is 0 Å². The van der Waals surface area contributed by atoms with Crippen LogP contribution in [0.15, 0.2) is 47.3 Å². The van der Waals surface area contributed by atoms with Crippen molar-refractivity contribution >= 4 is 22.6 Å². The SMILES string of the molecule is CCc1ccc(CCC(=O)Nc2ccc3c(c2)n(C)c(=O)n3C)cc1. The van der Waals surface area contributed by atoms with Crippen LogP contribution in [0.4, 0.5) is 5.69 Å². The molecular weight excluding hydrogens is 314 g/mol. The Hall–Kier alpha value is -2.82. The van der Waals surface area contributed by atoms with Crippen LogP contribution in [0.3, 0.4) is 0 Å². The van der Waals surface area contributed by atoms with Gasteiger partial charge in [-0.3, -0.25) is 13.9 Å². The Morgan fingerprint density at radius 1 is 0.960 bits per heavy atom. The van der Waals surface area contributed by atoms with Crippen LogP contribution in [-0.2, 0) is 31.7 Å². The molecule has 1 heterocycles. The summed E-state index contributed by atoms with van der Waals surface area (Å²) in [4.78, 5) is 24.2. The first-order valence-corrected chi connectivity index (χ1v) is 8.52. The molecule has 5 heteroatoms. The molecule has 0 aliphatic carbocycles. The van der Waals surface area contributed by atoms with Crippen molar-refractivity contribution in [1.82, 2.24) is 9.13 Å². The number of aryl methyl sites for hydroxylation is 4. The lowest BCUT2D eigenvalue weighted by Gasteiger charge is -2.07. The van der Waals surface area contributed by atoms with E-state index < -0.39 is 0 Å². The van der Waals surface area contributed by atoms with Crippen molar-refractivity contribution in [3.63, 3.8) is 0 Å². The number of hydrogen-bond donors (Lipinski definition) is 1. The Kier molecular flexibility index (Phi) is 4.74. The smallest absolute Gasteiger partial charge is 0.326 e. The van der Waals surface area contributed by atoms with Gasteiger partial charge in [0.25, 0.3) is 0 Å². The number of hydrogen-bond acceptors (Lipinski definition) is 2. The van der Waals surface area contributed by atoms with Crippen LogP contribution in [0.1, 0.15) is 24.5 Å². The Labute approximate surface area is 146 Å². The van der Waals surface area contributed by atoms with Crippen molar-refractivity contribution in [2.75, 3.05) is 5.32 Å². The van der Waals surface area contributed by atoms with E-state index in [2.05, 4.69) is 36.5 Å². The fraction of sp³-hybridized carbons (Fsp3) is 0.300. The van der Waals surface area contributed by atoms with Crippen LogP contribution >= 0.6 is 0 Å². The van der Waals surface area contributed by atoms with Gasteiger partial charge in [0.15, 0.2) is 0 Å². The molecule has 0 aliphatic heterocycles. The van der Waals surface area contributed by atoms with Crippen LogP contribution in [-0.4, -0.2) is 15.0 Å². The molecule has 0 radical (unpaired) electrons. The first kappa shape index (κ1) is 17.0. The highest BCUT2D eigenvalue weighted by atomic mass is 16.2. The molecule has 0 saturated heterocycles. The van der Waals surface area contributed by atoms with Crippen molar-refractivity contribution in [3.05, 3.63) is 64.1 Å². The van der Waals surface area contributed by atoms with Crippen LogP contribution in [0, 0.1) is 0 Å². The zero-order valence-electron chi connectivity index (χ0n) is 14.9. The van der Waals surface area contributed by atoms with Gasteiger partial charge in [-0.25, -0.2) is 4.79 Å². The number of anilines is 1. The van der Waals surface area contributed by atoms with Gasteiger partial charge in [0, 0.05) is 26.2 Å². The predicted molar refractivity (Wildman–Crippen MR) is 101 cm³/mol. The van der Waals surface area contributed by atoms with E-state index in [-0.39, 0.29) is 11.6 Å². The number of rotatable bonds is 5. The molecule has 1 N–H and O–H groups in total. The lowest BCUT2D eigenvalue weighted by atomic mass is 10.1. The Bertz CT molecular complexity index is 965. The maximum atomic E-state index is 12.2. The highest BCUT2D eigenvalue weighted by Crippen LogP contribution is 2.18. The molecule has 0 bridgehead atoms. The molecule has 130 valence electrons. The van der Waals surface area contributed by atoms with E-state index in [0.717, 1.165) is 23.0 Å². The second-order valence-electron chi connectivity index (χ2n) is 6.32. The lowest BCUT2D eigenvalue weighted by molar-refractivity contribution is -0.116. The van der Waals surface area contributed by atoms with Gasteiger partial charge in [-0.15, -0.1) is 0 Å². The van der Waals surface area contributed by atoms with Gasteiger partial charge < -0.3 is 5.32 Å². The van der Waals surface area contributed by atoms with E-state index in [1.54, 1.807) is 23.2 Å². The van der Waals surface area contributed by atoms with Crippen LogP contribution in [0.5, 0.6) is 0 Å². The number of carbonyl (C=O) groups is 1. The molecule has 1 aromatic heterocycles. The molecular formula is C20H23N3O2. The highest BCUT2D eigenvalue weighted by Gasteiger charge is 2.09. The summed E-state index contributed by atoms with van der Waals surface area (Å²) in [5, 5.41) is 2.92. The molecule has 0 spiro atoms. The van der Waals surface area contributed by atoms with Gasteiger partial charge in [0.1, 0.15) is 0 Å². The maximum absolute atomic E-state index is 12.2. The van der Waals surface area contributed by atoms with Crippen LogP contribution in [0.2, 0.25) is 0 Å².